The van der Waals surface area contributed by atoms with Gasteiger partial charge in [0.15, 0.2) is 11.5 Å². The fourth-order valence-corrected chi connectivity index (χ4v) is 5.80. The van der Waals surface area contributed by atoms with Crippen LogP contribution in [-0.4, -0.2) is 52.0 Å². The van der Waals surface area contributed by atoms with Crippen molar-refractivity contribution in [3.05, 3.63) is 41.8 Å². The van der Waals surface area contributed by atoms with Gasteiger partial charge in [-0.05, 0) is 36.4 Å². The van der Waals surface area contributed by atoms with Crippen LogP contribution in [0.15, 0.2) is 46.0 Å². The molecule has 0 saturated carbocycles. The van der Waals surface area contributed by atoms with Crippen LogP contribution in [0.25, 0.3) is 0 Å². The average Bonchev–Trinajstić information content (AvgIpc) is 3.27. The standard InChI is InChI=1S/C19H24N2O5S2/c1-25-16-7-2-3-8-17(16)26-12-10-20-19(22)15-6-4-11-21(14-15)28(23,24)18-9-5-13-27-18/h2-3,5,7-9,13,15H,4,6,10-12,14H2,1H3,(H,20,22). The highest BCUT2D eigenvalue weighted by Gasteiger charge is 2.33. The second-order valence-corrected chi connectivity index (χ2v) is 9.54. The lowest BCUT2D eigenvalue weighted by atomic mass is 9.99. The van der Waals surface area contributed by atoms with Gasteiger partial charge in [0.05, 0.1) is 19.6 Å². The van der Waals surface area contributed by atoms with Crippen LogP contribution in [0.2, 0.25) is 0 Å². The van der Waals surface area contributed by atoms with Crippen LogP contribution in [0.5, 0.6) is 11.5 Å². The number of piperidine rings is 1. The van der Waals surface area contributed by atoms with Gasteiger partial charge in [0, 0.05) is 13.1 Å². The summed E-state index contributed by atoms with van der Waals surface area (Å²) in [4.78, 5) is 12.5. The Labute approximate surface area is 169 Å². The predicted octanol–water partition coefficient (Wildman–Crippen LogP) is 2.35. The number of nitrogens with one attached hydrogen (secondary N) is 1. The molecule has 1 saturated heterocycles. The Balaban J connectivity index is 1.49. The number of carbonyl (C=O) groups excluding carboxylic acids is 1. The zero-order valence-corrected chi connectivity index (χ0v) is 17.3. The van der Waals surface area contributed by atoms with Crippen LogP contribution in [0.4, 0.5) is 0 Å². The van der Waals surface area contributed by atoms with Crippen molar-refractivity contribution in [3.63, 3.8) is 0 Å². The zero-order chi connectivity index (χ0) is 20.0. The van der Waals surface area contributed by atoms with Crippen LogP contribution in [0.1, 0.15) is 12.8 Å². The number of hydrogen-bond acceptors (Lipinski definition) is 6. The lowest BCUT2D eigenvalue weighted by Crippen LogP contribution is -2.45. The van der Waals surface area contributed by atoms with E-state index in [9.17, 15) is 13.2 Å². The molecule has 0 radical (unpaired) electrons. The van der Waals surface area contributed by atoms with Gasteiger partial charge in [-0.15, -0.1) is 11.3 Å². The first-order valence-electron chi connectivity index (χ1n) is 9.09. The Hall–Kier alpha value is -2.10. The molecule has 2 aromatic rings. The highest BCUT2D eigenvalue weighted by molar-refractivity contribution is 7.91. The molecule has 152 valence electrons. The summed E-state index contributed by atoms with van der Waals surface area (Å²) in [5, 5.41) is 4.58. The van der Waals surface area contributed by atoms with Gasteiger partial charge in [-0.2, -0.15) is 4.31 Å². The zero-order valence-electron chi connectivity index (χ0n) is 15.7. The molecular weight excluding hydrogens is 400 g/mol. The largest absolute Gasteiger partial charge is 0.493 e. The number of hydrogen-bond donors (Lipinski definition) is 1. The first-order valence-corrected chi connectivity index (χ1v) is 11.4. The molecule has 1 unspecified atom stereocenters. The maximum atomic E-state index is 12.7. The summed E-state index contributed by atoms with van der Waals surface area (Å²) in [6.45, 7) is 1.29. The number of para-hydroxylation sites is 2. The van der Waals surface area contributed by atoms with E-state index in [4.69, 9.17) is 9.47 Å². The van der Waals surface area contributed by atoms with Crippen molar-refractivity contribution in [3.8, 4) is 11.5 Å². The third kappa shape index (κ3) is 4.84. The molecule has 28 heavy (non-hydrogen) atoms. The van der Waals surface area contributed by atoms with E-state index in [0.29, 0.717) is 48.2 Å². The van der Waals surface area contributed by atoms with E-state index in [1.54, 1.807) is 36.8 Å². The molecule has 7 nitrogen and oxygen atoms in total. The number of nitrogens with zero attached hydrogens (tertiary/aromatic N) is 1. The lowest BCUT2D eigenvalue weighted by molar-refractivity contribution is -0.126. The Morgan fingerprint density at radius 2 is 2.04 bits per heavy atom. The summed E-state index contributed by atoms with van der Waals surface area (Å²) >= 11 is 1.19. The highest BCUT2D eigenvalue weighted by atomic mass is 32.2. The topological polar surface area (TPSA) is 84.9 Å². The van der Waals surface area contributed by atoms with E-state index in [1.165, 1.54) is 15.6 Å². The van der Waals surface area contributed by atoms with Crippen LogP contribution >= 0.6 is 11.3 Å². The van der Waals surface area contributed by atoms with Gasteiger partial charge in [-0.3, -0.25) is 4.79 Å². The molecule has 1 atom stereocenters. The molecule has 2 heterocycles. The second kappa shape index (κ2) is 9.40. The molecule has 1 fully saturated rings. The Kier molecular flexibility index (Phi) is 6.93. The van der Waals surface area contributed by atoms with Crippen LogP contribution in [0.3, 0.4) is 0 Å². The van der Waals surface area contributed by atoms with E-state index >= 15 is 0 Å². The lowest BCUT2D eigenvalue weighted by Gasteiger charge is -2.30. The monoisotopic (exact) mass is 424 g/mol. The summed E-state index contributed by atoms with van der Waals surface area (Å²) in [5.41, 5.74) is 0. The number of ether oxygens (including phenoxy) is 2. The van der Waals surface area contributed by atoms with Crippen molar-refractivity contribution in [1.82, 2.24) is 9.62 Å². The minimum atomic E-state index is -3.52. The van der Waals surface area contributed by atoms with Crippen LogP contribution in [0, 0.1) is 5.92 Å². The molecule has 1 aromatic carbocycles. The summed E-state index contributed by atoms with van der Waals surface area (Å²) in [7, 11) is -1.95. The van der Waals surface area contributed by atoms with Gasteiger partial charge >= 0.3 is 0 Å². The number of rotatable bonds is 8. The second-order valence-electron chi connectivity index (χ2n) is 6.42. The van der Waals surface area contributed by atoms with Gasteiger partial charge in [0.25, 0.3) is 10.0 Å². The van der Waals surface area contributed by atoms with Crippen molar-refractivity contribution in [2.24, 2.45) is 5.92 Å². The number of methoxy groups -OCH3 is 1. The Morgan fingerprint density at radius 1 is 1.25 bits per heavy atom. The van der Waals surface area contributed by atoms with Gasteiger partial charge in [0.1, 0.15) is 10.8 Å². The van der Waals surface area contributed by atoms with E-state index in [0.717, 1.165) is 0 Å². The minimum Gasteiger partial charge on any atom is -0.493 e. The summed E-state index contributed by atoms with van der Waals surface area (Å²) in [6.07, 6.45) is 1.34. The molecule has 1 amide bonds. The maximum absolute atomic E-state index is 12.7. The van der Waals surface area contributed by atoms with Crippen molar-refractivity contribution < 1.29 is 22.7 Å². The molecule has 9 heteroatoms. The Morgan fingerprint density at radius 3 is 2.75 bits per heavy atom. The third-order valence-electron chi connectivity index (χ3n) is 4.57. The highest BCUT2D eigenvalue weighted by Crippen LogP contribution is 2.27. The number of sulfonamides is 1. The maximum Gasteiger partial charge on any atom is 0.252 e. The molecular formula is C19H24N2O5S2. The third-order valence-corrected chi connectivity index (χ3v) is 7.81. The normalized spacial score (nSPS) is 17.8. The predicted molar refractivity (Wildman–Crippen MR) is 107 cm³/mol. The minimum absolute atomic E-state index is 0.144. The van der Waals surface area contributed by atoms with Gasteiger partial charge in [-0.25, -0.2) is 8.42 Å². The molecule has 0 bridgehead atoms. The fourth-order valence-electron chi connectivity index (χ4n) is 3.13. The molecule has 1 aromatic heterocycles. The van der Waals surface area contributed by atoms with E-state index in [-0.39, 0.29) is 18.4 Å². The first-order chi connectivity index (χ1) is 13.5. The number of benzene rings is 1. The SMILES string of the molecule is COc1ccccc1OCCNC(=O)C1CCCN(S(=O)(=O)c2cccs2)C1. The average molecular weight is 425 g/mol. The van der Waals surface area contributed by atoms with E-state index in [2.05, 4.69) is 5.32 Å². The van der Waals surface area contributed by atoms with Gasteiger partial charge in [0.2, 0.25) is 5.91 Å². The van der Waals surface area contributed by atoms with Gasteiger partial charge in [-0.1, -0.05) is 18.2 Å². The molecule has 0 aliphatic carbocycles. The quantitative estimate of drug-likeness (QED) is 0.658. The fraction of sp³-hybridized carbons (Fsp3) is 0.421. The summed E-state index contributed by atoms with van der Waals surface area (Å²) in [5.74, 6) is 0.755. The molecule has 0 spiro atoms. The van der Waals surface area contributed by atoms with Crippen molar-refractivity contribution in [2.45, 2.75) is 17.1 Å². The molecule has 3 rings (SSSR count). The Bertz CT molecular complexity index is 883. The molecule has 1 N–H and O–H groups in total. The van der Waals surface area contributed by atoms with E-state index in [1.807, 2.05) is 12.1 Å². The van der Waals surface area contributed by atoms with Crippen molar-refractivity contribution in [1.29, 1.82) is 0 Å². The summed E-state index contributed by atoms with van der Waals surface area (Å²) < 4.78 is 37.9. The van der Waals surface area contributed by atoms with Crippen molar-refractivity contribution in [2.75, 3.05) is 33.4 Å². The van der Waals surface area contributed by atoms with Gasteiger partial charge < -0.3 is 14.8 Å². The molecule has 1 aliphatic rings. The first kappa shape index (κ1) is 20.6. The summed E-state index contributed by atoms with van der Waals surface area (Å²) in [6, 6.07) is 10.6. The van der Waals surface area contributed by atoms with Crippen LogP contribution in [-0.2, 0) is 14.8 Å². The number of carbonyl (C=O) groups is 1. The smallest absolute Gasteiger partial charge is 0.252 e. The van der Waals surface area contributed by atoms with Crippen LogP contribution < -0.4 is 14.8 Å². The van der Waals surface area contributed by atoms with Crippen molar-refractivity contribution >= 4 is 27.3 Å². The van der Waals surface area contributed by atoms with E-state index < -0.39 is 10.0 Å². The number of amides is 1. The molecule has 1 aliphatic heterocycles. The number of thiophene rings is 1.